The van der Waals surface area contributed by atoms with Crippen LogP contribution >= 0.6 is 12.4 Å². The third-order valence-corrected chi connectivity index (χ3v) is 5.65. The van der Waals surface area contributed by atoms with Crippen molar-refractivity contribution in [2.24, 2.45) is 18.9 Å². The first-order valence-electron chi connectivity index (χ1n) is 9.22. The first kappa shape index (κ1) is 18.9. The molecule has 6 heteroatoms. The van der Waals surface area contributed by atoms with Crippen molar-refractivity contribution < 1.29 is 4.79 Å². The Bertz CT molecular complexity index is 732. The largest absolute Gasteiger partial charge is 0.342 e. The van der Waals surface area contributed by atoms with Gasteiger partial charge in [0.15, 0.2) is 0 Å². The Morgan fingerprint density at radius 1 is 1.27 bits per heavy atom. The Balaban J connectivity index is 0.00000196. The number of benzene rings is 1. The van der Waals surface area contributed by atoms with Gasteiger partial charge in [-0.2, -0.15) is 5.10 Å². The molecule has 1 amide bonds. The van der Waals surface area contributed by atoms with Gasteiger partial charge >= 0.3 is 0 Å². The number of hydrogen-bond donors (Lipinski definition) is 1. The predicted octanol–water partition coefficient (Wildman–Crippen LogP) is 2.24. The lowest BCUT2D eigenvalue weighted by atomic mass is 9.90. The van der Waals surface area contributed by atoms with Gasteiger partial charge in [-0.15, -0.1) is 12.4 Å². The third-order valence-electron chi connectivity index (χ3n) is 5.65. The monoisotopic (exact) mass is 374 g/mol. The third kappa shape index (κ3) is 3.94. The van der Waals surface area contributed by atoms with Gasteiger partial charge in [0, 0.05) is 45.3 Å². The zero-order valence-electron chi connectivity index (χ0n) is 15.2. The lowest BCUT2D eigenvalue weighted by Gasteiger charge is -2.24. The average molecular weight is 375 g/mol. The molecule has 5 nitrogen and oxygen atoms in total. The van der Waals surface area contributed by atoms with Gasteiger partial charge in [0.1, 0.15) is 0 Å². The van der Waals surface area contributed by atoms with Gasteiger partial charge in [0.2, 0.25) is 5.91 Å². The molecule has 3 atom stereocenters. The highest BCUT2D eigenvalue weighted by Crippen LogP contribution is 2.31. The van der Waals surface area contributed by atoms with Crippen molar-refractivity contribution in [2.45, 2.75) is 18.8 Å². The van der Waals surface area contributed by atoms with Crippen molar-refractivity contribution in [3.8, 4) is 0 Å². The summed E-state index contributed by atoms with van der Waals surface area (Å²) in [6.45, 7) is 3.43. The van der Waals surface area contributed by atoms with Crippen molar-refractivity contribution in [3.05, 3.63) is 53.9 Å². The van der Waals surface area contributed by atoms with Crippen LogP contribution in [0.25, 0.3) is 0 Å². The number of nitrogens with one attached hydrogen (secondary N) is 1. The number of likely N-dealkylation sites (tertiary alicyclic amines) is 1. The number of carbonyl (C=O) groups is 1. The number of aromatic nitrogens is 2. The fourth-order valence-corrected chi connectivity index (χ4v) is 4.30. The Labute approximate surface area is 161 Å². The van der Waals surface area contributed by atoms with E-state index in [1.54, 1.807) is 0 Å². The molecule has 1 aromatic heterocycles. The van der Waals surface area contributed by atoms with Gasteiger partial charge in [-0.05, 0) is 29.9 Å². The van der Waals surface area contributed by atoms with Crippen LogP contribution in [0.2, 0.25) is 0 Å². The van der Waals surface area contributed by atoms with Crippen molar-refractivity contribution >= 4 is 18.3 Å². The molecule has 26 heavy (non-hydrogen) atoms. The smallest absolute Gasteiger partial charge is 0.227 e. The summed E-state index contributed by atoms with van der Waals surface area (Å²) in [6.07, 6.45) is 6.12. The highest BCUT2D eigenvalue weighted by atomic mass is 35.5. The molecule has 4 rings (SSSR count). The van der Waals surface area contributed by atoms with E-state index in [2.05, 4.69) is 45.6 Å². The maximum absolute atomic E-state index is 13.1. The van der Waals surface area contributed by atoms with Gasteiger partial charge in [-0.1, -0.05) is 30.3 Å². The number of rotatable bonds is 4. The Morgan fingerprint density at radius 3 is 2.81 bits per heavy atom. The van der Waals surface area contributed by atoms with Crippen LogP contribution in [0.15, 0.2) is 42.7 Å². The molecule has 3 heterocycles. The maximum atomic E-state index is 13.1. The highest BCUT2D eigenvalue weighted by molar-refractivity contribution is 5.85. The van der Waals surface area contributed by atoms with Crippen LogP contribution < -0.4 is 5.32 Å². The topological polar surface area (TPSA) is 50.2 Å². The molecule has 2 aliphatic rings. The minimum Gasteiger partial charge on any atom is -0.342 e. The van der Waals surface area contributed by atoms with Gasteiger partial charge in [0.05, 0.1) is 12.1 Å². The Kier molecular flexibility index (Phi) is 5.99. The quantitative estimate of drug-likeness (QED) is 0.892. The van der Waals surface area contributed by atoms with Gasteiger partial charge in [0.25, 0.3) is 0 Å². The lowest BCUT2D eigenvalue weighted by Crippen LogP contribution is -2.37. The second-order valence-corrected chi connectivity index (χ2v) is 7.45. The fraction of sp³-hybridized carbons (Fsp3) is 0.500. The zero-order chi connectivity index (χ0) is 17.2. The molecule has 0 radical (unpaired) electrons. The highest BCUT2D eigenvalue weighted by Gasteiger charge is 2.39. The van der Waals surface area contributed by atoms with Crippen molar-refractivity contribution in [3.63, 3.8) is 0 Å². The molecule has 0 spiro atoms. The molecular formula is C20H27ClN4O. The summed E-state index contributed by atoms with van der Waals surface area (Å²) in [7, 11) is 1.93. The first-order valence-corrected chi connectivity index (χ1v) is 9.22. The summed E-state index contributed by atoms with van der Waals surface area (Å²) >= 11 is 0. The molecule has 2 aliphatic heterocycles. The van der Waals surface area contributed by atoms with Crippen LogP contribution in [0.3, 0.4) is 0 Å². The summed E-state index contributed by atoms with van der Waals surface area (Å²) in [5, 5.41) is 7.68. The van der Waals surface area contributed by atoms with E-state index in [0.717, 1.165) is 39.0 Å². The van der Waals surface area contributed by atoms with Crippen LogP contribution in [0.4, 0.5) is 0 Å². The summed E-state index contributed by atoms with van der Waals surface area (Å²) in [4.78, 5) is 15.2. The fourth-order valence-electron chi connectivity index (χ4n) is 4.30. The minimum absolute atomic E-state index is 0. The molecule has 0 saturated carbocycles. The van der Waals surface area contributed by atoms with E-state index in [4.69, 9.17) is 0 Å². The van der Waals surface area contributed by atoms with E-state index in [0.29, 0.717) is 11.8 Å². The summed E-state index contributed by atoms with van der Waals surface area (Å²) < 4.78 is 1.82. The van der Waals surface area contributed by atoms with Crippen molar-refractivity contribution in [2.75, 3.05) is 26.2 Å². The molecule has 1 unspecified atom stereocenters. The summed E-state index contributed by atoms with van der Waals surface area (Å²) in [5.41, 5.74) is 2.54. The number of aryl methyl sites for hydroxylation is 1. The van der Waals surface area contributed by atoms with Gasteiger partial charge in [-0.25, -0.2) is 0 Å². The first-order chi connectivity index (χ1) is 12.2. The van der Waals surface area contributed by atoms with Crippen LogP contribution in [-0.4, -0.2) is 46.8 Å². The minimum atomic E-state index is 0. The average Bonchev–Trinajstić information content (AvgIpc) is 3.35. The normalized spacial score (nSPS) is 25.3. The van der Waals surface area contributed by atoms with E-state index >= 15 is 0 Å². The second kappa shape index (κ2) is 8.23. The SMILES string of the molecule is Cl.Cn1cc([C@H]2CNC[C@@H]2C(=O)N2CCC(Cc3ccccc3)C2)cn1. The number of halogens is 1. The van der Waals surface area contributed by atoms with E-state index in [9.17, 15) is 4.79 Å². The van der Waals surface area contributed by atoms with E-state index < -0.39 is 0 Å². The van der Waals surface area contributed by atoms with E-state index in [1.807, 2.05) is 24.1 Å². The standard InChI is InChI=1S/C20H26N4O.ClH/c1-23-14-17(10-22-23)18-11-21-12-19(18)20(25)24-8-7-16(13-24)9-15-5-3-2-4-6-15;/h2-6,10,14,16,18-19,21H,7-9,11-13H2,1H3;1H/t16?,18-,19+;/m1./s1. The van der Waals surface area contributed by atoms with Crippen LogP contribution in [0, 0.1) is 11.8 Å². The molecule has 2 fully saturated rings. The van der Waals surface area contributed by atoms with E-state index in [-0.39, 0.29) is 24.2 Å². The molecule has 1 N–H and O–H groups in total. The summed E-state index contributed by atoms with van der Waals surface area (Å²) in [5.74, 6) is 1.18. The van der Waals surface area contributed by atoms with Crippen molar-refractivity contribution in [1.82, 2.24) is 20.0 Å². The van der Waals surface area contributed by atoms with Crippen LogP contribution in [0.1, 0.15) is 23.5 Å². The molecule has 2 saturated heterocycles. The Hall–Kier alpha value is -1.85. The Morgan fingerprint density at radius 2 is 2.08 bits per heavy atom. The zero-order valence-corrected chi connectivity index (χ0v) is 16.0. The predicted molar refractivity (Wildman–Crippen MR) is 104 cm³/mol. The summed E-state index contributed by atoms with van der Waals surface area (Å²) in [6, 6.07) is 10.6. The van der Waals surface area contributed by atoms with Gasteiger partial charge in [-0.3, -0.25) is 9.48 Å². The molecule has 0 aliphatic carbocycles. The number of carbonyl (C=O) groups excluding carboxylic acids is 1. The lowest BCUT2D eigenvalue weighted by molar-refractivity contribution is -0.134. The molecular weight excluding hydrogens is 348 g/mol. The molecule has 0 bridgehead atoms. The molecule has 1 aromatic carbocycles. The van der Waals surface area contributed by atoms with Crippen LogP contribution in [-0.2, 0) is 18.3 Å². The van der Waals surface area contributed by atoms with Crippen molar-refractivity contribution in [1.29, 1.82) is 0 Å². The molecule has 140 valence electrons. The van der Waals surface area contributed by atoms with E-state index in [1.165, 1.54) is 11.1 Å². The van der Waals surface area contributed by atoms with Crippen LogP contribution in [0.5, 0.6) is 0 Å². The number of nitrogens with zero attached hydrogens (tertiary/aromatic N) is 3. The second-order valence-electron chi connectivity index (χ2n) is 7.45. The molecule has 2 aromatic rings. The number of hydrogen-bond acceptors (Lipinski definition) is 3. The number of amides is 1. The maximum Gasteiger partial charge on any atom is 0.227 e. The van der Waals surface area contributed by atoms with Gasteiger partial charge < -0.3 is 10.2 Å².